The minimum absolute atomic E-state index is 0.0142. The van der Waals surface area contributed by atoms with Crippen LogP contribution in [0.2, 0.25) is 0 Å². The molecule has 0 radical (unpaired) electrons. The number of fused-ring (bicyclic) bond motifs is 8. The van der Waals surface area contributed by atoms with Crippen LogP contribution >= 0.6 is 0 Å². The van der Waals surface area contributed by atoms with Crippen LogP contribution in [0.25, 0.3) is 66.9 Å². The molecular formula is C66H76N8O10. The number of rotatable bonds is 13. The number of aromatic nitrogens is 4. The normalized spacial score (nSPS) is 22.0. The zero-order chi connectivity index (χ0) is 59.2. The third-order valence-electron chi connectivity index (χ3n) is 19.1. The van der Waals surface area contributed by atoms with Gasteiger partial charge in [0, 0.05) is 83.8 Å². The maximum absolute atomic E-state index is 14.1. The fourth-order valence-electron chi connectivity index (χ4n) is 14.5. The number of hydrogen-bond donors (Lipinski definition) is 3. The fourth-order valence-corrected chi connectivity index (χ4v) is 14.5. The van der Waals surface area contributed by atoms with Gasteiger partial charge in [-0.1, -0.05) is 0 Å². The number of ketones is 1. The van der Waals surface area contributed by atoms with Crippen molar-refractivity contribution in [2.24, 2.45) is 29.4 Å². The van der Waals surface area contributed by atoms with Gasteiger partial charge in [-0.15, -0.1) is 0 Å². The first-order valence-electron chi connectivity index (χ1n) is 29.9. The van der Waals surface area contributed by atoms with Crippen molar-refractivity contribution < 1.29 is 47.7 Å². The number of likely N-dealkylation sites (tertiary alicyclic amines) is 2. The Morgan fingerprint density at radius 2 is 1.15 bits per heavy atom. The molecule has 3 amide bonds. The number of ether oxygens (including phenoxy) is 2. The summed E-state index contributed by atoms with van der Waals surface area (Å²) in [5.74, 6) is 4.02. The van der Waals surface area contributed by atoms with E-state index >= 15 is 0 Å². The van der Waals surface area contributed by atoms with E-state index in [9.17, 15) is 29.4 Å². The van der Waals surface area contributed by atoms with Gasteiger partial charge in [-0.25, -0.2) is 14.8 Å². The van der Waals surface area contributed by atoms with Gasteiger partial charge in [-0.05, 0) is 184 Å². The van der Waals surface area contributed by atoms with E-state index in [2.05, 4.69) is 21.3 Å². The van der Waals surface area contributed by atoms with Crippen molar-refractivity contribution in [2.75, 3.05) is 27.3 Å². The van der Waals surface area contributed by atoms with E-state index < -0.39 is 17.2 Å². The number of nitrogens with zero attached hydrogens (tertiary/aromatic N) is 7. The zero-order valence-corrected chi connectivity index (χ0v) is 49.7. The lowest BCUT2D eigenvalue weighted by Crippen LogP contribution is -2.55. The summed E-state index contributed by atoms with van der Waals surface area (Å²) in [4.78, 5) is 67.1. The number of piperidine rings is 2. The lowest BCUT2D eigenvalue weighted by molar-refractivity contribution is 0.0503. The molecule has 2 aliphatic heterocycles. The van der Waals surface area contributed by atoms with Crippen LogP contribution < -0.4 is 15.2 Å². The highest BCUT2D eigenvalue weighted by atomic mass is 16.5. The quantitative estimate of drug-likeness (QED) is 0.0915. The molecule has 6 fully saturated rings. The average molecular weight is 1140 g/mol. The van der Waals surface area contributed by atoms with Crippen molar-refractivity contribution in [3.05, 3.63) is 94.3 Å². The van der Waals surface area contributed by atoms with Crippen molar-refractivity contribution in [3.63, 3.8) is 0 Å². The Morgan fingerprint density at radius 1 is 0.667 bits per heavy atom. The largest absolute Gasteiger partial charge is 0.496 e. The van der Waals surface area contributed by atoms with Gasteiger partial charge in [0.15, 0.2) is 17.3 Å². The summed E-state index contributed by atoms with van der Waals surface area (Å²) in [5.41, 5.74) is 13.3. The minimum atomic E-state index is -1.03. The summed E-state index contributed by atoms with van der Waals surface area (Å²) in [7, 11) is 3.23. The smallest absolute Gasteiger partial charge is 0.408 e. The molecule has 18 nitrogen and oxygen atoms in total. The number of nitrogens with two attached hydrogens (primary N) is 1. The standard InChI is InChI=1S/C35H40N4O6.C31H36N4O4/c1-18-29-27(44-6)14-23(33(41)38-17-22-10-12-25(38)30(22)39(34(42)43)35(3,4)5)15-28(29)45-31(18)26-13-21-9-11-24(19(2)40)36-32(21)37(26)16-20-7-8-20;1-16-26-23(38-4)12-20(30(36)35-15-19-7-9-21(35)27(19)32)13-24(26)39-28(16)22-11-18-8-10-25(31(2,3)37)33-29(18)34(22)14-17-5-6-17/h9,11,13-15,20,22,25,30H,7-8,10,12,16-17H2,1-6H3,(H,42,43);8,10-13,17,19,21,27,37H,5-7,9,14-15,32H2,1-4H3/t22?,25?,30-;19?,21?,27-/m11/s1. The number of carbonyl (C=O) groups is 4. The van der Waals surface area contributed by atoms with Crippen molar-refractivity contribution in [1.82, 2.24) is 33.8 Å². The van der Waals surface area contributed by atoms with Crippen LogP contribution in [-0.2, 0) is 18.7 Å². The molecule has 440 valence electrons. The van der Waals surface area contributed by atoms with Crippen LogP contribution in [0.15, 0.2) is 69.5 Å². The van der Waals surface area contributed by atoms with E-state index in [1.165, 1.54) is 19.8 Å². The molecule has 6 aliphatic rings. The molecule has 4 aliphatic carbocycles. The van der Waals surface area contributed by atoms with Crippen LogP contribution in [0.5, 0.6) is 11.5 Å². The summed E-state index contributed by atoms with van der Waals surface area (Å²) < 4.78 is 29.2. The number of pyridine rings is 2. The second-order valence-corrected chi connectivity index (χ2v) is 26.3. The number of methoxy groups -OCH3 is 2. The zero-order valence-electron chi connectivity index (χ0n) is 49.7. The molecular weight excluding hydrogens is 1060 g/mol. The van der Waals surface area contributed by atoms with Crippen molar-refractivity contribution in [2.45, 2.75) is 155 Å². The molecule has 6 aromatic heterocycles. The average Bonchev–Trinajstić information content (AvgIpc) is 4.16. The van der Waals surface area contributed by atoms with E-state index in [1.807, 2.05) is 74.8 Å². The maximum atomic E-state index is 14.1. The minimum Gasteiger partial charge on any atom is -0.496 e. The number of aliphatic hydroxyl groups is 1. The topological polar surface area (TPSA) is 225 Å². The first-order valence-corrected chi connectivity index (χ1v) is 29.9. The molecule has 2 saturated heterocycles. The number of carbonyl (C=O) groups excluding carboxylic acids is 3. The van der Waals surface area contributed by atoms with Gasteiger partial charge in [-0.2, -0.15) is 0 Å². The Kier molecular flexibility index (Phi) is 13.4. The van der Waals surface area contributed by atoms with Crippen LogP contribution in [0.4, 0.5) is 4.79 Å². The number of carboxylic acid groups (broad SMARTS) is 1. The van der Waals surface area contributed by atoms with Gasteiger partial charge >= 0.3 is 6.09 Å². The Hall–Kier alpha value is -7.70. The Labute approximate surface area is 487 Å². The molecule has 0 spiro atoms. The summed E-state index contributed by atoms with van der Waals surface area (Å²) >= 11 is 0. The van der Waals surface area contributed by atoms with Crippen molar-refractivity contribution >= 4 is 67.7 Å². The van der Waals surface area contributed by atoms with Crippen LogP contribution in [-0.4, -0.2) is 125 Å². The SMILES string of the molecule is COc1cc(C(=O)N2CC3CCC2[C@@H]3N(C(=O)O)C(C)(C)C)cc2oc(-c3cc4ccc(C(C)=O)nc4n3CC3CC3)c(C)c12.COc1cc(C(=O)N2CC3CCC2[C@@H]3N)cc2oc(-c3cc4ccc(C(C)(C)O)nc4n3CC3CC3)c(C)c12. The summed E-state index contributed by atoms with van der Waals surface area (Å²) in [6.45, 7) is 17.7. The number of amides is 3. The Bertz CT molecular complexity index is 4010. The lowest BCUT2D eigenvalue weighted by atomic mass is 9.98. The third kappa shape index (κ3) is 9.38. The van der Waals surface area contributed by atoms with Crippen molar-refractivity contribution in [3.8, 4) is 34.4 Å². The lowest BCUT2D eigenvalue weighted by Gasteiger charge is -2.40. The van der Waals surface area contributed by atoms with Gasteiger partial charge in [0.25, 0.3) is 11.8 Å². The summed E-state index contributed by atoms with van der Waals surface area (Å²) in [6.07, 6.45) is 7.50. The Balaban J connectivity index is 0.000000158. The molecule has 6 atom stereocenters. The summed E-state index contributed by atoms with van der Waals surface area (Å²) in [5, 5.41) is 24.3. The second-order valence-electron chi connectivity index (χ2n) is 26.3. The van der Waals surface area contributed by atoms with E-state index in [-0.39, 0.29) is 47.7 Å². The van der Waals surface area contributed by atoms with Crippen LogP contribution in [0.1, 0.15) is 141 Å². The highest BCUT2D eigenvalue weighted by molar-refractivity contribution is 6.04. The molecule has 4 N–H and O–H groups in total. The van der Waals surface area contributed by atoms with Crippen LogP contribution in [0.3, 0.4) is 0 Å². The third-order valence-corrected chi connectivity index (χ3v) is 19.1. The fraction of sp³-hybridized carbons (Fsp3) is 0.485. The molecule has 4 unspecified atom stereocenters. The predicted octanol–water partition coefficient (Wildman–Crippen LogP) is 11.7. The Morgan fingerprint density at radius 3 is 1.61 bits per heavy atom. The number of hydrogen-bond acceptors (Lipinski definition) is 12. The molecule has 84 heavy (non-hydrogen) atoms. The van der Waals surface area contributed by atoms with E-state index in [4.69, 9.17) is 34.0 Å². The van der Waals surface area contributed by atoms with Gasteiger partial charge in [0.05, 0.1) is 54.2 Å². The van der Waals surface area contributed by atoms with Crippen LogP contribution in [0, 0.1) is 37.5 Å². The van der Waals surface area contributed by atoms with E-state index in [0.717, 1.165) is 113 Å². The first kappa shape index (κ1) is 55.5. The molecule has 8 heterocycles. The second kappa shape index (κ2) is 20.2. The molecule has 4 bridgehead atoms. The van der Waals surface area contributed by atoms with Crippen molar-refractivity contribution in [1.29, 1.82) is 0 Å². The number of aryl methyl sites for hydroxylation is 2. The number of furan rings is 2. The molecule has 4 saturated carbocycles. The van der Waals surface area contributed by atoms with E-state index in [1.54, 1.807) is 51.2 Å². The van der Waals surface area contributed by atoms with Gasteiger partial charge in [-0.3, -0.25) is 19.3 Å². The monoisotopic (exact) mass is 1140 g/mol. The predicted molar refractivity (Wildman–Crippen MR) is 320 cm³/mol. The van der Waals surface area contributed by atoms with Gasteiger partial charge in [0.1, 0.15) is 45.3 Å². The van der Waals surface area contributed by atoms with Gasteiger partial charge in [0.2, 0.25) is 0 Å². The molecule has 14 rings (SSSR count). The highest BCUT2D eigenvalue weighted by Gasteiger charge is 2.55. The highest BCUT2D eigenvalue weighted by Crippen LogP contribution is 2.48. The summed E-state index contributed by atoms with van der Waals surface area (Å²) in [6, 6.07) is 18.8. The van der Waals surface area contributed by atoms with E-state index in [0.29, 0.717) is 81.8 Å². The molecule has 8 aromatic rings. The van der Waals surface area contributed by atoms with Gasteiger partial charge < -0.3 is 53.2 Å². The molecule has 18 heteroatoms. The molecule has 2 aromatic carbocycles. The maximum Gasteiger partial charge on any atom is 0.408 e. The first-order chi connectivity index (χ1) is 40.0. The number of Topliss-reactive ketones (excluding diaryl/α,β-unsaturated/α-hetero) is 1. The number of benzene rings is 2.